The summed E-state index contributed by atoms with van der Waals surface area (Å²) in [7, 11) is 0. The van der Waals surface area contributed by atoms with E-state index in [0.717, 1.165) is 17.1 Å². The molecule has 1 aromatic heterocycles. The number of nitrogens with zero attached hydrogens (tertiary/aromatic N) is 1. The van der Waals surface area contributed by atoms with Crippen LogP contribution < -0.4 is 5.73 Å². The molecule has 0 aliphatic heterocycles. The maximum atomic E-state index is 5.83. The first-order valence-electron chi connectivity index (χ1n) is 4.49. The molecule has 2 rings (SSSR count). The Morgan fingerprint density at radius 1 is 1.43 bits per heavy atom. The number of hydrogen-bond donors (Lipinski definition) is 1. The van der Waals surface area contributed by atoms with Crippen LogP contribution >= 0.6 is 11.3 Å². The van der Waals surface area contributed by atoms with Gasteiger partial charge >= 0.3 is 0 Å². The molecule has 2 aromatic rings. The van der Waals surface area contributed by atoms with Crippen LogP contribution in [0, 0.1) is 6.92 Å². The molecule has 0 atom stereocenters. The second-order valence-electron chi connectivity index (χ2n) is 3.23. The highest BCUT2D eigenvalue weighted by Gasteiger charge is 2.03. The minimum absolute atomic E-state index is 0.860. The Morgan fingerprint density at radius 3 is 3.00 bits per heavy atom. The molecule has 3 heteroatoms. The number of anilines is 1. The van der Waals surface area contributed by atoms with Gasteiger partial charge in [0.2, 0.25) is 0 Å². The summed E-state index contributed by atoms with van der Waals surface area (Å²) < 4.78 is 0. The molecule has 1 heterocycles. The number of aromatic nitrogens is 1. The highest BCUT2D eigenvalue weighted by atomic mass is 32.1. The molecular formula is C11H12N2S. The highest BCUT2D eigenvalue weighted by molar-refractivity contribution is 7.09. The van der Waals surface area contributed by atoms with Gasteiger partial charge in [-0.15, -0.1) is 11.3 Å². The van der Waals surface area contributed by atoms with Crippen LogP contribution in [-0.4, -0.2) is 4.98 Å². The summed E-state index contributed by atoms with van der Waals surface area (Å²) in [5.41, 5.74) is 9.13. The molecule has 2 nitrogen and oxygen atoms in total. The van der Waals surface area contributed by atoms with Crippen LogP contribution in [0.3, 0.4) is 0 Å². The van der Waals surface area contributed by atoms with E-state index in [1.54, 1.807) is 11.3 Å². The third-order valence-corrected chi connectivity index (χ3v) is 3.09. The molecule has 0 aliphatic rings. The van der Waals surface area contributed by atoms with Gasteiger partial charge in [-0.1, -0.05) is 12.1 Å². The van der Waals surface area contributed by atoms with Gasteiger partial charge in [0, 0.05) is 23.7 Å². The maximum Gasteiger partial charge on any atom is 0.0968 e. The molecule has 0 bridgehead atoms. The number of thiazole rings is 1. The summed E-state index contributed by atoms with van der Waals surface area (Å²) in [5, 5.41) is 3.13. The van der Waals surface area contributed by atoms with Crippen LogP contribution in [-0.2, 0) is 6.42 Å². The summed E-state index contributed by atoms with van der Waals surface area (Å²) in [4.78, 5) is 4.26. The Morgan fingerprint density at radius 2 is 2.29 bits per heavy atom. The van der Waals surface area contributed by atoms with Gasteiger partial charge in [0.25, 0.3) is 0 Å². The van der Waals surface area contributed by atoms with Gasteiger partial charge in [-0.25, -0.2) is 4.98 Å². The van der Waals surface area contributed by atoms with Crippen LogP contribution in [0.25, 0.3) is 0 Å². The van der Waals surface area contributed by atoms with E-state index in [-0.39, 0.29) is 0 Å². The van der Waals surface area contributed by atoms with Crippen molar-refractivity contribution in [3.63, 3.8) is 0 Å². The fourth-order valence-electron chi connectivity index (χ4n) is 1.40. The third-order valence-electron chi connectivity index (χ3n) is 2.31. The molecule has 2 N–H and O–H groups in total. The van der Waals surface area contributed by atoms with Crippen molar-refractivity contribution >= 4 is 17.0 Å². The van der Waals surface area contributed by atoms with Gasteiger partial charge in [-0.05, 0) is 24.1 Å². The van der Waals surface area contributed by atoms with Crippen LogP contribution in [0.4, 0.5) is 5.69 Å². The SMILES string of the molecule is Cc1c(N)cccc1Cc1nccs1. The zero-order chi connectivity index (χ0) is 9.97. The van der Waals surface area contributed by atoms with Crippen molar-refractivity contribution in [2.45, 2.75) is 13.3 Å². The van der Waals surface area contributed by atoms with Crippen molar-refractivity contribution < 1.29 is 0 Å². The number of benzene rings is 1. The minimum Gasteiger partial charge on any atom is -0.399 e. The van der Waals surface area contributed by atoms with Crippen LogP contribution in [0.2, 0.25) is 0 Å². The van der Waals surface area contributed by atoms with Gasteiger partial charge in [-0.3, -0.25) is 0 Å². The van der Waals surface area contributed by atoms with E-state index >= 15 is 0 Å². The molecule has 0 spiro atoms. The number of nitrogens with two attached hydrogens (primary N) is 1. The third kappa shape index (κ3) is 1.77. The van der Waals surface area contributed by atoms with E-state index in [1.807, 2.05) is 23.7 Å². The lowest BCUT2D eigenvalue weighted by atomic mass is 10.0. The van der Waals surface area contributed by atoms with Crippen molar-refractivity contribution in [1.82, 2.24) is 4.98 Å². The van der Waals surface area contributed by atoms with Crippen molar-refractivity contribution in [1.29, 1.82) is 0 Å². The predicted octanol–water partition coefficient (Wildman–Crippen LogP) is 2.62. The van der Waals surface area contributed by atoms with Gasteiger partial charge in [-0.2, -0.15) is 0 Å². The zero-order valence-corrected chi connectivity index (χ0v) is 8.84. The normalized spacial score (nSPS) is 10.4. The molecule has 1 aromatic carbocycles. The standard InChI is InChI=1S/C11H12N2S/c1-8-9(3-2-4-10(8)12)7-11-13-5-6-14-11/h2-6H,7,12H2,1H3. The lowest BCUT2D eigenvalue weighted by Gasteiger charge is -2.05. The summed E-state index contributed by atoms with van der Waals surface area (Å²) in [5.74, 6) is 0. The molecule has 0 radical (unpaired) electrons. The molecular weight excluding hydrogens is 192 g/mol. The molecule has 0 fully saturated rings. The van der Waals surface area contributed by atoms with Gasteiger partial charge in [0.05, 0.1) is 5.01 Å². The van der Waals surface area contributed by atoms with Gasteiger partial charge in [0.15, 0.2) is 0 Å². The van der Waals surface area contributed by atoms with Crippen molar-refractivity contribution in [2.24, 2.45) is 0 Å². The van der Waals surface area contributed by atoms with Crippen molar-refractivity contribution in [2.75, 3.05) is 5.73 Å². The number of hydrogen-bond acceptors (Lipinski definition) is 3. The maximum absolute atomic E-state index is 5.83. The first kappa shape index (κ1) is 9.21. The Hall–Kier alpha value is -1.35. The summed E-state index contributed by atoms with van der Waals surface area (Å²) in [6.07, 6.45) is 2.72. The Balaban J connectivity index is 2.29. The van der Waals surface area contributed by atoms with E-state index in [0.29, 0.717) is 0 Å². The Bertz CT molecular complexity index is 421. The lowest BCUT2D eigenvalue weighted by molar-refractivity contribution is 1.12. The Labute approximate surface area is 87.4 Å². The van der Waals surface area contributed by atoms with E-state index in [2.05, 4.69) is 18.0 Å². The molecule has 0 aliphatic carbocycles. The molecule has 72 valence electrons. The first-order chi connectivity index (χ1) is 6.77. The Kier molecular flexibility index (Phi) is 2.50. The minimum atomic E-state index is 0.860. The summed E-state index contributed by atoms with van der Waals surface area (Å²) in [6.45, 7) is 2.05. The molecule has 0 saturated carbocycles. The average Bonchev–Trinajstić information content (AvgIpc) is 2.66. The largest absolute Gasteiger partial charge is 0.399 e. The highest BCUT2D eigenvalue weighted by Crippen LogP contribution is 2.19. The fourth-order valence-corrected chi connectivity index (χ4v) is 2.04. The van der Waals surface area contributed by atoms with Gasteiger partial charge in [0.1, 0.15) is 0 Å². The molecule has 0 amide bonds. The lowest BCUT2D eigenvalue weighted by Crippen LogP contribution is -1.96. The average molecular weight is 204 g/mol. The van der Waals surface area contributed by atoms with E-state index in [1.165, 1.54) is 11.1 Å². The van der Waals surface area contributed by atoms with Crippen molar-refractivity contribution in [3.8, 4) is 0 Å². The monoisotopic (exact) mass is 204 g/mol. The molecule has 0 saturated heterocycles. The first-order valence-corrected chi connectivity index (χ1v) is 5.37. The van der Waals surface area contributed by atoms with Crippen LogP contribution in [0.1, 0.15) is 16.1 Å². The van der Waals surface area contributed by atoms with E-state index in [9.17, 15) is 0 Å². The fraction of sp³-hybridized carbons (Fsp3) is 0.182. The second kappa shape index (κ2) is 3.80. The van der Waals surface area contributed by atoms with Crippen LogP contribution in [0.5, 0.6) is 0 Å². The van der Waals surface area contributed by atoms with Gasteiger partial charge < -0.3 is 5.73 Å². The predicted molar refractivity (Wildman–Crippen MR) is 60.5 cm³/mol. The topological polar surface area (TPSA) is 38.9 Å². The molecule has 14 heavy (non-hydrogen) atoms. The van der Waals surface area contributed by atoms with E-state index in [4.69, 9.17) is 5.73 Å². The zero-order valence-electron chi connectivity index (χ0n) is 8.03. The number of rotatable bonds is 2. The van der Waals surface area contributed by atoms with Crippen LogP contribution in [0.15, 0.2) is 29.8 Å². The molecule has 0 unspecified atom stereocenters. The summed E-state index contributed by atoms with van der Waals surface area (Å²) in [6, 6.07) is 6.03. The quantitative estimate of drug-likeness (QED) is 0.764. The summed E-state index contributed by atoms with van der Waals surface area (Å²) >= 11 is 1.68. The number of nitrogen functional groups attached to an aromatic ring is 1. The smallest absolute Gasteiger partial charge is 0.0968 e. The second-order valence-corrected chi connectivity index (χ2v) is 4.21. The van der Waals surface area contributed by atoms with E-state index < -0.39 is 0 Å². The van der Waals surface area contributed by atoms with Crippen molar-refractivity contribution in [3.05, 3.63) is 45.9 Å².